The van der Waals surface area contributed by atoms with Crippen molar-refractivity contribution in [1.82, 2.24) is 14.7 Å². The highest BCUT2D eigenvalue weighted by molar-refractivity contribution is 5.80. The number of carbonyl (C=O) groups is 1. The third-order valence-corrected chi connectivity index (χ3v) is 4.71. The number of aromatic nitrogens is 2. The topological polar surface area (TPSA) is 64.2 Å². The molecular formula is C17H30N4O. The third kappa shape index (κ3) is 3.51. The molecule has 1 aliphatic rings. The van der Waals surface area contributed by atoms with Crippen molar-refractivity contribution in [1.29, 1.82) is 0 Å². The molecule has 22 heavy (non-hydrogen) atoms. The Kier molecular flexibility index (Phi) is 5.27. The van der Waals surface area contributed by atoms with Gasteiger partial charge in [0.2, 0.25) is 5.91 Å². The van der Waals surface area contributed by atoms with Crippen LogP contribution >= 0.6 is 0 Å². The molecule has 5 nitrogen and oxygen atoms in total. The first-order valence-electron chi connectivity index (χ1n) is 8.35. The van der Waals surface area contributed by atoms with Crippen molar-refractivity contribution in [2.45, 2.75) is 60.0 Å². The average molecular weight is 306 g/mol. The van der Waals surface area contributed by atoms with Crippen LogP contribution < -0.4 is 5.73 Å². The second-order valence-corrected chi connectivity index (χ2v) is 7.13. The molecule has 5 heteroatoms. The zero-order chi connectivity index (χ0) is 16.4. The lowest BCUT2D eigenvalue weighted by Crippen LogP contribution is -2.35. The number of hydrogen-bond acceptors (Lipinski definition) is 3. The predicted octanol–water partition coefficient (Wildman–Crippen LogP) is 1.89. The number of aryl methyl sites for hydroxylation is 1. The summed E-state index contributed by atoms with van der Waals surface area (Å²) in [7, 11) is 0. The summed E-state index contributed by atoms with van der Waals surface area (Å²) in [6.45, 7) is 12.9. The van der Waals surface area contributed by atoms with E-state index in [1.54, 1.807) is 0 Å². The van der Waals surface area contributed by atoms with Crippen LogP contribution in [0.2, 0.25) is 0 Å². The largest absolute Gasteiger partial charge is 0.339 e. The second-order valence-electron chi connectivity index (χ2n) is 7.13. The van der Waals surface area contributed by atoms with E-state index < -0.39 is 0 Å². The van der Waals surface area contributed by atoms with Gasteiger partial charge in [0, 0.05) is 30.4 Å². The summed E-state index contributed by atoms with van der Waals surface area (Å²) >= 11 is 0. The summed E-state index contributed by atoms with van der Waals surface area (Å²) < 4.78 is 2.04. The lowest BCUT2D eigenvalue weighted by atomic mass is 10.1. The predicted molar refractivity (Wildman–Crippen MR) is 88.6 cm³/mol. The van der Waals surface area contributed by atoms with Gasteiger partial charge in [-0.3, -0.25) is 9.48 Å². The van der Waals surface area contributed by atoms with Gasteiger partial charge in [0.15, 0.2) is 0 Å². The van der Waals surface area contributed by atoms with Gasteiger partial charge in [-0.05, 0) is 45.6 Å². The minimum absolute atomic E-state index is 0.207. The summed E-state index contributed by atoms with van der Waals surface area (Å²) in [4.78, 5) is 14.7. The molecule has 1 fully saturated rings. The van der Waals surface area contributed by atoms with Crippen molar-refractivity contribution in [2.24, 2.45) is 17.6 Å². The number of hydrogen-bond donors (Lipinski definition) is 1. The molecule has 1 aromatic rings. The molecule has 0 aromatic carbocycles. The fraction of sp³-hybridized carbons (Fsp3) is 0.765. The first-order chi connectivity index (χ1) is 10.3. The number of rotatable bonds is 5. The first kappa shape index (κ1) is 17.0. The molecule has 2 unspecified atom stereocenters. The number of amides is 1. The van der Waals surface area contributed by atoms with Crippen molar-refractivity contribution < 1.29 is 4.79 Å². The molecular weight excluding hydrogens is 276 g/mol. The molecule has 2 rings (SSSR count). The van der Waals surface area contributed by atoms with Gasteiger partial charge in [-0.15, -0.1) is 0 Å². The summed E-state index contributed by atoms with van der Waals surface area (Å²) in [6.07, 6.45) is 1.48. The van der Waals surface area contributed by atoms with Gasteiger partial charge in [0.1, 0.15) is 0 Å². The SMILES string of the molecule is Cc1nn(CC(C)C)c(C)c1CC(=O)N1CC(CN)CC1C. The fourth-order valence-electron chi connectivity index (χ4n) is 3.43. The maximum atomic E-state index is 12.7. The second kappa shape index (κ2) is 6.82. The quantitative estimate of drug-likeness (QED) is 0.903. The van der Waals surface area contributed by atoms with Crippen LogP contribution in [-0.4, -0.2) is 39.7 Å². The molecule has 2 atom stereocenters. The van der Waals surface area contributed by atoms with Gasteiger partial charge in [0.25, 0.3) is 0 Å². The highest BCUT2D eigenvalue weighted by Gasteiger charge is 2.32. The Labute approximate surface area is 133 Å². The highest BCUT2D eigenvalue weighted by Crippen LogP contribution is 2.24. The van der Waals surface area contributed by atoms with E-state index in [-0.39, 0.29) is 5.91 Å². The van der Waals surface area contributed by atoms with Crippen molar-refractivity contribution in [3.05, 3.63) is 17.0 Å². The molecule has 1 saturated heterocycles. The van der Waals surface area contributed by atoms with Crippen molar-refractivity contribution in [2.75, 3.05) is 13.1 Å². The Morgan fingerprint density at radius 2 is 2.09 bits per heavy atom. The molecule has 0 aliphatic carbocycles. The van der Waals surface area contributed by atoms with E-state index in [0.29, 0.717) is 30.8 Å². The summed E-state index contributed by atoms with van der Waals surface area (Å²) in [6, 6.07) is 0.298. The van der Waals surface area contributed by atoms with E-state index in [1.165, 1.54) is 0 Å². The van der Waals surface area contributed by atoms with E-state index in [0.717, 1.165) is 36.5 Å². The zero-order valence-electron chi connectivity index (χ0n) is 14.6. The Morgan fingerprint density at radius 3 is 2.64 bits per heavy atom. The molecule has 0 spiro atoms. The van der Waals surface area contributed by atoms with Crippen molar-refractivity contribution in [3.8, 4) is 0 Å². The number of nitrogens with two attached hydrogens (primary N) is 1. The van der Waals surface area contributed by atoms with Crippen LogP contribution in [0, 0.1) is 25.7 Å². The number of carbonyl (C=O) groups excluding carboxylic acids is 1. The van der Waals surface area contributed by atoms with E-state index in [1.807, 2.05) is 16.5 Å². The van der Waals surface area contributed by atoms with Crippen LogP contribution in [0.15, 0.2) is 0 Å². The minimum atomic E-state index is 0.207. The van der Waals surface area contributed by atoms with Gasteiger partial charge in [0.05, 0.1) is 12.1 Å². The van der Waals surface area contributed by atoms with Crippen LogP contribution in [-0.2, 0) is 17.8 Å². The van der Waals surface area contributed by atoms with Gasteiger partial charge in [-0.25, -0.2) is 0 Å². The zero-order valence-corrected chi connectivity index (χ0v) is 14.6. The molecule has 1 amide bonds. The number of likely N-dealkylation sites (tertiary alicyclic amines) is 1. The van der Waals surface area contributed by atoms with Crippen LogP contribution in [0.4, 0.5) is 0 Å². The Morgan fingerprint density at radius 1 is 1.41 bits per heavy atom. The number of nitrogens with zero attached hydrogens (tertiary/aromatic N) is 3. The van der Waals surface area contributed by atoms with Crippen molar-refractivity contribution in [3.63, 3.8) is 0 Å². The molecule has 2 heterocycles. The lowest BCUT2D eigenvalue weighted by molar-refractivity contribution is -0.131. The van der Waals surface area contributed by atoms with E-state index >= 15 is 0 Å². The molecule has 0 saturated carbocycles. The van der Waals surface area contributed by atoms with Crippen LogP contribution in [0.3, 0.4) is 0 Å². The van der Waals surface area contributed by atoms with Crippen LogP contribution in [0.1, 0.15) is 44.1 Å². The molecule has 124 valence electrons. The van der Waals surface area contributed by atoms with Crippen molar-refractivity contribution >= 4 is 5.91 Å². The van der Waals surface area contributed by atoms with Gasteiger partial charge >= 0.3 is 0 Å². The van der Waals surface area contributed by atoms with Crippen LogP contribution in [0.25, 0.3) is 0 Å². The molecule has 0 radical (unpaired) electrons. The molecule has 0 bridgehead atoms. The average Bonchev–Trinajstić information content (AvgIpc) is 2.93. The first-order valence-corrected chi connectivity index (χ1v) is 8.35. The third-order valence-electron chi connectivity index (χ3n) is 4.71. The monoisotopic (exact) mass is 306 g/mol. The fourth-order valence-corrected chi connectivity index (χ4v) is 3.43. The minimum Gasteiger partial charge on any atom is -0.339 e. The van der Waals surface area contributed by atoms with Gasteiger partial charge in [-0.2, -0.15) is 5.10 Å². The Bertz CT molecular complexity index is 535. The Hall–Kier alpha value is -1.36. The maximum Gasteiger partial charge on any atom is 0.227 e. The summed E-state index contributed by atoms with van der Waals surface area (Å²) in [5.41, 5.74) is 8.96. The highest BCUT2D eigenvalue weighted by atomic mass is 16.2. The molecule has 1 aliphatic heterocycles. The Balaban J connectivity index is 2.10. The summed E-state index contributed by atoms with van der Waals surface area (Å²) in [5, 5.41) is 4.61. The van der Waals surface area contributed by atoms with E-state index in [2.05, 4.69) is 32.8 Å². The molecule has 2 N–H and O–H groups in total. The lowest BCUT2D eigenvalue weighted by Gasteiger charge is -2.21. The van der Waals surface area contributed by atoms with Crippen LogP contribution in [0.5, 0.6) is 0 Å². The standard InChI is InChI=1S/C17H30N4O/c1-11(2)9-21-14(5)16(13(4)19-21)7-17(22)20-10-15(8-18)6-12(20)3/h11-12,15H,6-10,18H2,1-5H3. The van der Waals surface area contributed by atoms with E-state index in [4.69, 9.17) is 5.73 Å². The normalized spacial score (nSPS) is 21.9. The smallest absolute Gasteiger partial charge is 0.227 e. The molecule has 1 aromatic heterocycles. The maximum absolute atomic E-state index is 12.7. The van der Waals surface area contributed by atoms with Gasteiger partial charge in [-0.1, -0.05) is 13.8 Å². The summed E-state index contributed by atoms with van der Waals surface area (Å²) in [5.74, 6) is 1.20. The van der Waals surface area contributed by atoms with E-state index in [9.17, 15) is 4.79 Å². The van der Waals surface area contributed by atoms with Gasteiger partial charge < -0.3 is 10.6 Å².